The number of rotatable bonds is 3. The molecule has 3 heterocycles. The molecule has 0 aliphatic carbocycles. The van der Waals surface area contributed by atoms with E-state index in [1.807, 2.05) is 24.4 Å². The fourth-order valence-electron chi connectivity index (χ4n) is 3.78. The lowest BCUT2D eigenvalue weighted by molar-refractivity contribution is -0.00204. The van der Waals surface area contributed by atoms with Crippen LogP contribution >= 0.6 is 11.6 Å². The lowest BCUT2D eigenvalue weighted by Crippen LogP contribution is -2.28. The molecule has 6 heteroatoms. The van der Waals surface area contributed by atoms with E-state index in [2.05, 4.69) is 22.5 Å². The molecule has 25 heavy (non-hydrogen) atoms. The highest BCUT2D eigenvalue weighted by molar-refractivity contribution is 6.31. The largest absolute Gasteiger partial charge is 0.377 e. The number of halogens is 1. The normalized spacial score (nSPS) is 20.8. The summed E-state index contributed by atoms with van der Waals surface area (Å²) >= 11 is 6.25. The zero-order chi connectivity index (χ0) is 17.4. The van der Waals surface area contributed by atoms with Gasteiger partial charge in [0, 0.05) is 29.5 Å². The number of aryl methyl sites for hydroxylation is 1. The minimum Gasteiger partial charge on any atom is -0.377 e. The predicted molar refractivity (Wildman–Crippen MR) is 97.7 cm³/mol. The summed E-state index contributed by atoms with van der Waals surface area (Å²) in [7, 11) is 0. The van der Waals surface area contributed by atoms with Crippen molar-refractivity contribution < 1.29 is 4.74 Å². The molecule has 128 valence electrons. The van der Waals surface area contributed by atoms with Gasteiger partial charge in [-0.15, -0.1) is 0 Å². The Bertz CT molecular complexity index is 975. The predicted octanol–water partition coefficient (Wildman–Crippen LogP) is 4.43. The van der Waals surface area contributed by atoms with Crippen molar-refractivity contribution in [2.24, 2.45) is 0 Å². The number of hydrogen-bond acceptors (Lipinski definition) is 4. The molecular weight excluding hydrogens is 336 g/mol. The maximum atomic E-state index is 9.01. The Kier molecular flexibility index (Phi) is 4.32. The molecule has 5 nitrogen and oxygen atoms in total. The Morgan fingerprint density at radius 2 is 2.28 bits per heavy atom. The summed E-state index contributed by atoms with van der Waals surface area (Å²) in [5.41, 5.74) is 2.91. The Balaban J connectivity index is 1.92. The van der Waals surface area contributed by atoms with Gasteiger partial charge < -0.3 is 9.30 Å². The van der Waals surface area contributed by atoms with E-state index in [1.54, 1.807) is 0 Å². The van der Waals surface area contributed by atoms with Crippen LogP contribution in [0.4, 0.5) is 0 Å². The van der Waals surface area contributed by atoms with Crippen molar-refractivity contribution in [3.63, 3.8) is 0 Å². The Hall–Kier alpha value is -2.16. The number of ether oxygens (including phenoxy) is 1. The zero-order valence-electron chi connectivity index (χ0n) is 14.1. The highest BCUT2D eigenvalue weighted by Gasteiger charge is 2.27. The van der Waals surface area contributed by atoms with Crippen LogP contribution < -0.4 is 0 Å². The minimum atomic E-state index is -0.0115. The molecule has 0 amide bonds. The number of nitriles is 1. The molecule has 0 bridgehead atoms. The van der Waals surface area contributed by atoms with Crippen molar-refractivity contribution in [1.82, 2.24) is 14.5 Å². The lowest BCUT2D eigenvalue weighted by Gasteiger charge is -2.30. The van der Waals surface area contributed by atoms with Crippen molar-refractivity contribution in [2.75, 3.05) is 6.61 Å². The molecule has 0 unspecified atom stereocenters. The molecule has 1 aromatic carbocycles. The molecule has 1 saturated heterocycles. The fourth-order valence-corrected chi connectivity index (χ4v) is 3.95. The molecule has 1 fully saturated rings. The number of aromatic nitrogens is 3. The second-order valence-electron chi connectivity index (χ2n) is 6.44. The summed E-state index contributed by atoms with van der Waals surface area (Å²) in [6.45, 7) is 2.79. The van der Waals surface area contributed by atoms with Gasteiger partial charge in [-0.2, -0.15) is 5.26 Å². The van der Waals surface area contributed by atoms with Gasteiger partial charge in [-0.05, 0) is 31.0 Å². The van der Waals surface area contributed by atoms with Gasteiger partial charge in [0.1, 0.15) is 11.3 Å². The summed E-state index contributed by atoms with van der Waals surface area (Å²) < 4.78 is 8.09. The van der Waals surface area contributed by atoms with Crippen molar-refractivity contribution in [1.29, 1.82) is 5.26 Å². The van der Waals surface area contributed by atoms with Crippen LogP contribution in [0.5, 0.6) is 0 Å². The number of hydrogen-bond donors (Lipinski definition) is 0. The third kappa shape index (κ3) is 2.86. The van der Waals surface area contributed by atoms with Crippen LogP contribution in [0.3, 0.4) is 0 Å². The first-order valence-electron chi connectivity index (χ1n) is 8.65. The van der Waals surface area contributed by atoms with Crippen molar-refractivity contribution in [3.8, 4) is 6.07 Å². The quantitative estimate of drug-likeness (QED) is 0.697. The van der Waals surface area contributed by atoms with Gasteiger partial charge in [-0.1, -0.05) is 18.5 Å². The van der Waals surface area contributed by atoms with Gasteiger partial charge in [-0.25, -0.2) is 4.98 Å². The van der Waals surface area contributed by atoms with Crippen molar-refractivity contribution >= 4 is 33.5 Å². The van der Waals surface area contributed by atoms with E-state index in [4.69, 9.17) is 26.6 Å². The molecule has 3 aromatic rings. The summed E-state index contributed by atoms with van der Waals surface area (Å²) in [5, 5.41) is 10.7. The second-order valence-corrected chi connectivity index (χ2v) is 6.87. The summed E-state index contributed by atoms with van der Waals surface area (Å²) in [5.74, 6) is 1.05. The SMILES string of the molecule is CCc1nc2cnc3ccc(Cl)cc3c2n1[C@H]1CCO[C@@H](CC#N)C1. The Morgan fingerprint density at radius 1 is 1.40 bits per heavy atom. The minimum absolute atomic E-state index is 0.0115. The van der Waals surface area contributed by atoms with E-state index in [-0.39, 0.29) is 12.1 Å². The van der Waals surface area contributed by atoms with Gasteiger partial charge in [0.25, 0.3) is 0 Å². The second kappa shape index (κ2) is 6.62. The molecule has 4 rings (SSSR count). The number of fused-ring (bicyclic) bond motifs is 3. The Labute approximate surface area is 151 Å². The smallest absolute Gasteiger partial charge is 0.109 e. The fraction of sp³-hybridized carbons (Fsp3) is 0.421. The van der Waals surface area contributed by atoms with Gasteiger partial charge >= 0.3 is 0 Å². The van der Waals surface area contributed by atoms with Crippen molar-refractivity contribution in [3.05, 3.63) is 35.2 Å². The average molecular weight is 355 g/mol. The van der Waals surface area contributed by atoms with Crippen LogP contribution in [0.1, 0.15) is 38.1 Å². The van der Waals surface area contributed by atoms with Gasteiger partial charge in [0.2, 0.25) is 0 Å². The first-order valence-corrected chi connectivity index (χ1v) is 9.02. The molecule has 2 atom stereocenters. The molecule has 1 aliphatic rings. The van der Waals surface area contributed by atoms with Crippen molar-refractivity contribution in [2.45, 2.75) is 44.8 Å². The number of nitrogens with zero attached hydrogens (tertiary/aromatic N) is 4. The summed E-state index contributed by atoms with van der Waals surface area (Å²) in [6.07, 6.45) is 4.85. The first kappa shape index (κ1) is 16.3. The molecule has 0 saturated carbocycles. The van der Waals surface area contributed by atoms with Crippen LogP contribution in [0.15, 0.2) is 24.4 Å². The van der Waals surface area contributed by atoms with E-state index in [9.17, 15) is 0 Å². The molecule has 1 aliphatic heterocycles. The Morgan fingerprint density at radius 3 is 3.08 bits per heavy atom. The van der Waals surface area contributed by atoms with E-state index in [0.29, 0.717) is 18.1 Å². The maximum absolute atomic E-state index is 9.01. The third-order valence-corrected chi connectivity index (χ3v) is 5.13. The first-order chi connectivity index (χ1) is 12.2. The average Bonchev–Trinajstić information content (AvgIpc) is 3.01. The van der Waals surface area contributed by atoms with Crippen LogP contribution in [0.2, 0.25) is 5.02 Å². The molecule has 0 N–H and O–H groups in total. The van der Waals surface area contributed by atoms with E-state index in [1.165, 1.54) is 0 Å². The van der Waals surface area contributed by atoms with Gasteiger partial charge in [-0.3, -0.25) is 4.98 Å². The van der Waals surface area contributed by atoms with E-state index < -0.39 is 0 Å². The molecule has 0 spiro atoms. The zero-order valence-corrected chi connectivity index (χ0v) is 14.8. The third-order valence-electron chi connectivity index (χ3n) is 4.89. The lowest BCUT2D eigenvalue weighted by atomic mass is 10.0. The van der Waals surface area contributed by atoms with E-state index in [0.717, 1.165) is 47.0 Å². The standard InChI is InChI=1S/C19H19ClN4O/c1-2-18-23-17-11-22-16-4-3-12(20)9-15(16)19(17)24(18)13-6-8-25-14(10-13)5-7-21/h3-4,9,11,13-14H,2,5-6,8,10H2,1H3/t13-,14-/m0/s1. The molecular formula is C19H19ClN4O. The topological polar surface area (TPSA) is 63.7 Å². The van der Waals surface area contributed by atoms with Crippen LogP contribution in [0.25, 0.3) is 21.9 Å². The van der Waals surface area contributed by atoms with Crippen LogP contribution in [-0.2, 0) is 11.2 Å². The van der Waals surface area contributed by atoms with Crippen LogP contribution in [0, 0.1) is 11.3 Å². The van der Waals surface area contributed by atoms with Crippen LogP contribution in [-0.4, -0.2) is 27.2 Å². The number of benzene rings is 1. The highest BCUT2D eigenvalue weighted by atomic mass is 35.5. The van der Waals surface area contributed by atoms with E-state index >= 15 is 0 Å². The maximum Gasteiger partial charge on any atom is 0.109 e. The summed E-state index contributed by atoms with van der Waals surface area (Å²) in [6, 6.07) is 8.28. The summed E-state index contributed by atoms with van der Waals surface area (Å²) in [4.78, 5) is 9.34. The monoisotopic (exact) mass is 354 g/mol. The van der Waals surface area contributed by atoms with Gasteiger partial charge in [0.05, 0.1) is 35.8 Å². The van der Waals surface area contributed by atoms with Gasteiger partial charge in [0.15, 0.2) is 0 Å². The number of imidazole rings is 1. The molecule has 2 aromatic heterocycles. The highest BCUT2D eigenvalue weighted by Crippen LogP contribution is 2.34. The number of pyridine rings is 1. The molecule has 0 radical (unpaired) electrons.